The van der Waals surface area contributed by atoms with Gasteiger partial charge in [0.05, 0.1) is 0 Å². The van der Waals surface area contributed by atoms with Crippen LogP contribution in [-0.2, 0) is 6.42 Å². The third-order valence-electron chi connectivity index (χ3n) is 2.61. The highest BCUT2D eigenvalue weighted by Crippen LogP contribution is 2.14. The van der Waals surface area contributed by atoms with Crippen molar-refractivity contribution in [3.8, 4) is 0 Å². The quantitative estimate of drug-likeness (QED) is 0.681. The molecule has 18 heavy (non-hydrogen) atoms. The molecule has 0 amide bonds. The fraction of sp³-hybridized carbons (Fsp3) is 0.0769. The average Bonchev–Trinajstić information content (AvgIpc) is 2.73. The normalized spacial score (nSPS) is 11.0. The lowest BCUT2D eigenvalue weighted by Gasteiger charge is -1.96. The maximum Gasteiger partial charge on any atom is 0.156 e. The molecule has 1 aromatic carbocycles. The predicted molar refractivity (Wildman–Crippen MR) is 69.9 cm³/mol. The van der Waals surface area contributed by atoms with Gasteiger partial charge in [0, 0.05) is 6.42 Å². The minimum Gasteiger partial charge on any atom is -0.212 e. The maximum absolute atomic E-state index is 13.1. The molecule has 2 aromatic heterocycles. The van der Waals surface area contributed by atoms with Crippen LogP contribution in [0.3, 0.4) is 0 Å². The van der Waals surface area contributed by atoms with Crippen LogP contribution < -0.4 is 0 Å². The summed E-state index contributed by atoms with van der Waals surface area (Å²) in [5.41, 5.74) is 1.64. The largest absolute Gasteiger partial charge is 0.212 e. The van der Waals surface area contributed by atoms with Crippen molar-refractivity contribution in [1.82, 2.24) is 14.6 Å². The highest BCUT2D eigenvalue weighted by Gasteiger charge is 2.06. The van der Waals surface area contributed by atoms with Crippen molar-refractivity contribution in [2.24, 2.45) is 0 Å². The van der Waals surface area contributed by atoms with Crippen LogP contribution in [0, 0.1) is 5.82 Å². The van der Waals surface area contributed by atoms with Gasteiger partial charge in [0.15, 0.2) is 11.5 Å². The molecule has 0 bridgehead atoms. The fourth-order valence-corrected chi connectivity index (χ4v) is 2.24. The smallest absolute Gasteiger partial charge is 0.156 e. The maximum atomic E-state index is 13.1. The second kappa shape index (κ2) is 4.49. The van der Waals surface area contributed by atoms with Crippen molar-refractivity contribution < 1.29 is 4.39 Å². The van der Waals surface area contributed by atoms with Crippen molar-refractivity contribution in [2.45, 2.75) is 6.42 Å². The number of fused-ring (bicyclic) bond motifs is 1. The number of benzene rings is 1. The van der Waals surface area contributed by atoms with Crippen molar-refractivity contribution in [1.29, 1.82) is 0 Å². The molecule has 3 aromatic rings. The first-order valence-corrected chi connectivity index (χ1v) is 6.26. The highest BCUT2D eigenvalue weighted by molar-refractivity contribution is 9.10. The van der Waals surface area contributed by atoms with E-state index in [0.717, 1.165) is 15.8 Å². The number of nitrogens with zero attached hydrogens (tertiary/aromatic N) is 3. The number of rotatable bonds is 2. The predicted octanol–water partition coefficient (Wildman–Crippen LogP) is 3.22. The van der Waals surface area contributed by atoms with E-state index in [9.17, 15) is 4.39 Å². The van der Waals surface area contributed by atoms with E-state index in [4.69, 9.17) is 0 Å². The molecule has 0 radical (unpaired) electrons. The summed E-state index contributed by atoms with van der Waals surface area (Å²) < 4.78 is 15.6. The fourth-order valence-electron chi connectivity index (χ4n) is 1.82. The van der Waals surface area contributed by atoms with E-state index < -0.39 is 0 Å². The van der Waals surface area contributed by atoms with Gasteiger partial charge in [0.2, 0.25) is 0 Å². The number of pyridine rings is 1. The molecule has 0 aliphatic rings. The van der Waals surface area contributed by atoms with Gasteiger partial charge < -0.3 is 0 Å². The third-order valence-corrected chi connectivity index (χ3v) is 3.21. The zero-order chi connectivity index (χ0) is 12.5. The first kappa shape index (κ1) is 11.3. The first-order valence-electron chi connectivity index (χ1n) is 5.47. The van der Waals surface area contributed by atoms with Crippen LogP contribution in [0.1, 0.15) is 11.4 Å². The van der Waals surface area contributed by atoms with Crippen LogP contribution in [-0.4, -0.2) is 14.6 Å². The van der Waals surface area contributed by atoms with E-state index >= 15 is 0 Å². The van der Waals surface area contributed by atoms with Crippen LogP contribution in [0.2, 0.25) is 0 Å². The summed E-state index contributed by atoms with van der Waals surface area (Å²) in [7, 11) is 0. The molecule has 0 spiro atoms. The van der Waals surface area contributed by atoms with Gasteiger partial charge in [-0.3, -0.25) is 0 Å². The summed E-state index contributed by atoms with van der Waals surface area (Å²) >= 11 is 3.41. The Bertz CT molecular complexity index is 708. The Kier molecular flexibility index (Phi) is 2.83. The van der Waals surface area contributed by atoms with Gasteiger partial charge in [-0.05, 0) is 45.8 Å². The van der Waals surface area contributed by atoms with Gasteiger partial charge in [-0.2, -0.15) is 0 Å². The van der Waals surface area contributed by atoms with Crippen LogP contribution in [0.4, 0.5) is 4.39 Å². The first-order chi connectivity index (χ1) is 8.72. The zero-order valence-corrected chi connectivity index (χ0v) is 10.9. The monoisotopic (exact) mass is 305 g/mol. The molecule has 90 valence electrons. The summed E-state index contributed by atoms with van der Waals surface area (Å²) in [5.74, 6) is 0.435. The topological polar surface area (TPSA) is 30.2 Å². The lowest BCUT2D eigenvalue weighted by atomic mass is 10.1. The van der Waals surface area contributed by atoms with Crippen molar-refractivity contribution in [3.63, 3.8) is 0 Å². The Hall–Kier alpha value is -1.75. The van der Waals surface area contributed by atoms with Crippen molar-refractivity contribution in [2.75, 3.05) is 0 Å². The number of halogens is 2. The van der Waals surface area contributed by atoms with Gasteiger partial charge in [-0.1, -0.05) is 18.2 Å². The summed E-state index contributed by atoms with van der Waals surface area (Å²) in [6, 6.07) is 12.2. The molecule has 0 aliphatic carbocycles. The molecule has 3 rings (SSSR count). The molecule has 0 aliphatic heterocycles. The standard InChI is InChI=1S/C13H9BrFN3/c14-11-5-2-6-13-16-12(17-18(11)13)8-9-3-1-4-10(15)7-9/h1-7H,8H2. The molecule has 0 unspecified atom stereocenters. The second-order valence-electron chi connectivity index (χ2n) is 3.95. The van der Waals surface area contributed by atoms with Gasteiger partial charge in [0.1, 0.15) is 10.4 Å². The number of aromatic nitrogens is 3. The SMILES string of the molecule is Fc1cccc(Cc2nc3cccc(Br)n3n2)c1. The third kappa shape index (κ3) is 2.13. The average molecular weight is 306 g/mol. The van der Waals surface area contributed by atoms with Crippen molar-refractivity contribution in [3.05, 3.63) is 64.3 Å². The van der Waals surface area contributed by atoms with Crippen LogP contribution in [0.5, 0.6) is 0 Å². The number of hydrogen-bond acceptors (Lipinski definition) is 2. The molecule has 5 heteroatoms. The van der Waals surface area contributed by atoms with E-state index in [0.29, 0.717) is 12.2 Å². The van der Waals surface area contributed by atoms with Gasteiger partial charge in [-0.25, -0.2) is 13.9 Å². The van der Waals surface area contributed by atoms with E-state index in [1.165, 1.54) is 12.1 Å². The second-order valence-corrected chi connectivity index (χ2v) is 4.77. The van der Waals surface area contributed by atoms with E-state index in [1.807, 2.05) is 24.3 Å². The summed E-state index contributed by atoms with van der Waals surface area (Å²) in [6.45, 7) is 0. The molecule has 0 atom stereocenters. The molecule has 0 N–H and O–H groups in total. The highest BCUT2D eigenvalue weighted by atomic mass is 79.9. The summed E-state index contributed by atoms with van der Waals surface area (Å²) in [6.07, 6.45) is 0.520. The van der Waals surface area contributed by atoms with Gasteiger partial charge >= 0.3 is 0 Å². The lowest BCUT2D eigenvalue weighted by molar-refractivity contribution is 0.625. The molecule has 2 heterocycles. The molecule has 3 nitrogen and oxygen atoms in total. The van der Waals surface area contributed by atoms with E-state index in [-0.39, 0.29) is 5.82 Å². The Morgan fingerprint density at radius 2 is 2.00 bits per heavy atom. The molecular formula is C13H9BrFN3. The van der Waals surface area contributed by atoms with Crippen LogP contribution in [0.25, 0.3) is 5.65 Å². The molecule has 0 saturated heterocycles. The Morgan fingerprint density at radius 1 is 1.17 bits per heavy atom. The van der Waals surface area contributed by atoms with Gasteiger partial charge in [-0.15, -0.1) is 5.10 Å². The summed E-state index contributed by atoms with van der Waals surface area (Å²) in [4.78, 5) is 4.40. The van der Waals surface area contributed by atoms with E-state index in [2.05, 4.69) is 26.0 Å². The van der Waals surface area contributed by atoms with Gasteiger partial charge in [0.25, 0.3) is 0 Å². The molecule has 0 saturated carbocycles. The number of hydrogen-bond donors (Lipinski definition) is 0. The van der Waals surface area contributed by atoms with Crippen molar-refractivity contribution >= 4 is 21.6 Å². The lowest BCUT2D eigenvalue weighted by Crippen LogP contribution is -1.93. The van der Waals surface area contributed by atoms with Crippen LogP contribution in [0.15, 0.2) is 47.1 Å². The Morgan fingerprint density at radius 3 is 2.78 bits per heavy atom. The Balaban J connectivity index is 1.98. The van der Waals surface area contributed by atoms with Crippen LogP contribution >= 0.6 is 15.9 Å². The Labute approximate surface area is 111 Å². The summed E-state index contributed by atoms with van der Waals surface area (Å²) in [5, 5.41) is 4.37. The minimum atomic E-state index is -0.238. The molecular weight excluding hydrogens is 297 g/mol. The zero-order valence-electron chi connectivity index (χ0n) is 9.35. The minimum absolute atomic E-state index is 0.238. The van der Waals surface area contributed by atoms with E-state index in [1.54, 1.807) is 10.6 Å². The molecule has 0 fully saturated rings.